The van der Waals surface area contributed by atoms with Gasteiger partial charge in [0.1, 0.15) is 23.0 Å². The Morgan fingerprint density at radius 2 is 0.843 bits per heavy atom. The molecule has 0 unspecified atom stereocenters. The molecule has 8 aromatic rings. The van der Waals surface area contributed by atoms with E-state index in [4.69, 9.17) is 9.47 Å². The fourth-order valence-corrected chi connectivity index (χ4v) is 6.91. The van der Waals surface area contributed by atoms with E-state index in [1.165, 1.54) is 0 Å². The Morgan fingerprint density at radius 1 is 0.294 bits per heavy atom. The zero-order chi connectivity index (χ0) is 34.0. The van der Waals surface area contributed by atoms with Gasteiger partial charge in [0.2, 0.25) is 0 Å². The van der Waals surface area contributed by atoms with E-state index in [1.54, 1.807) is 0 Å². The lowest BCUT2D eigenvalue weighted by atomic mass is 9.89. The van der Waals surface area contributed by atoms with Crippen molar-refractivity contribution in [2.75, 3.05) is 5.32 Å². The molecule has 0 atom stereocenters. The number of hydrogen-bond acceptors (Lipinski definition) is 3. The summed E-state index contributed by atoms with van der Waals surface area (Å²) in [7, 11) is 0. The molecule has 9 rings (SSSR count). The highest BCUT2D eigenvalue weighted by Crippen LogP contribution is 2.51. The van der Waals surface area contributed by atoms with Crippen molar-refractivity contribution in [1.82, 2.24) is 0 Å². The van der Waals surface area contributed by atoms with E-state index in [9.17, 15) is 0 Å². The van der Waals surface area contributed by atoms with E-state index in [0.29, 0.717) is 0 Å². The topological polar surface area (TPSA) is 30.5 Å². The molecular weight excluding hydrogens is 623 g/mol. The second-order valence-electron chi connectivity index (χ2n) is 12.6. The number of benzene rings is 8. The molecule has 0 spiro atoms. The summed E-state index contributed by atoms with van der Waals surface area (Å²) in [4.78, 5) is 0. The molecule has 0 aliphatic carbocycles. The number of ether oxygens (including phenoxy) is 2. The van der Waals surface area contributed by atoms with Gasteiger partial charge in [-0.15, -0.1) is 0 Å². The second-order valence-corrected chi connectivity index (χ2v) is 12.6. The van der Waals surface area contributed by atoms with Crippen molar-refractivity contribution in [1.29, 1.82) is 0 Å². The molecule has 0 aromatic heterocycles. The maximum absolute atomic E-state index is 7.00. The molecule has 0 saturated carbocycles. The van der Waals surface area contributed by atoms with Gasteiger partial charge < -0.3 is 14.8 Å². The number of nitrogens with one attached hydrogen (secondary N) is 1. The van der Waals surface area contributed by atoms with Gasteiger partial charge in [0.25, 0.3) is 0 Å². The SMILES string of the molecule is c1ccc(Nc2ccc(-c3cccc4c3-c3ccc(-c5ccccc5)cc3Oc3ccccc3-c3ccccc3O4)cc2-c2ccccc2)cc1. The van der Waals surface area contributed by atoms with E-state index in [2.05, 4.69) is 139 Å². The van der Waals surface area contributed by atoms with Gasteiger partial charge in [-0.1, -0.05) is 140 Å². The second kappa shape index (κ2) is 13.2. The molecule has 0 saturated heterocycles. The van der Waals surface area contributed by atoms with Gasteiger partial charge in [0, 0.05) is 39.2 Å². The summed E-state index contributed by atoms with van der Waals surface area (Å²) in [5.41, 5.74) is 12.4. The highest BCUT2D eigenvalue weighted by Gasteiger charge is 2.24. The minimum atomic E-state index is 0.754. The minimum Gasteiger partial charge on any atom is -0.456 e. The van der Waals surface area contributed by atoms with E-state index in [1.807, 2.05) is 60.7 Å². The molecule has 0 amide bonds. The van der Waals surface area contributed by atoms with Crippen LogP contribution in [-0.2, 0) is 0 Å². The van der Waals surface area contributed by atoms with Gasteiger partial charge in [-0.3, -0.25) is 0 Å². The Balaban J connectivity index is 1.28. The Kier molecular flexibility index (Phi) is 7.84. The number of anilines is 2. The van der Waals surface area contributed by atoms with E-state index >= 15 is 0 Å². The monoisotopic (exact) mass is 655 g/mol. The van der Waals surface area contributed by atoms with Crippen LogP contribution in [0.3, 0.4) is 0 Å². The summed E-state index contributed by atoms with van der Waals surface area (Å²) >= 11 is 0. The largest absolute Gasteiger partial charge is 0.456 e. The number of para-hydroxylation sites is 3. The molecule has 8 aromatic carbocycles. The zero-order valence-corrected chi connectivity index (χ0v) is 27.8. The molecule has 1 aliphatic rings. The molecule has 0 fully saturated rings. The average Bonchev–Trinajstić information content (AvgIpc) is 3.20. The zero-order valence-electron chi connectivity index (χ0n) is 27.8. The fourth-order valence-electron chi connectivity index (χ4n) is 6.91. The Bertz CT molecular complexity index is 2490. The highest BCUT2D eigenvalue weighted by molar-refractivity contribution is 5.95. The minimum absolute atomic E-state index is 0.754. The highest BCUT2D eigenvalue weighted by atomic mass is 16.5. The lowest BCUT2D eigenvalue weighted by molar-refractivity contribution is 0.472. The summed E-state index contributed by atoms with van der Waals surface area (Å²) in [5.74, 6) is 3.04. The molecule has 242 valence electrons. The van der Waals surface area contributed by atoms with Crippen molar-refractivity contribution in [3.63, 3.8) is 0 Å². The molecule has 3 heteroatoms. The van der Waals surface area contributed by atoms with Crippen LogP contribution in [0.2, 0.25) is 0 Å². The first-order valence-corrected chi connectivity index (χ1v) is 17.2. The quantitative estimate of drug-likeness (QED) is 0.200. The van der Waals surface area contributed by atoms with Crippen LogP contribution in [-0.4, -0.2) is 0 Å². The molecule has 1 aliphatic heterocycles. The fraction of sp³-hybridized carbons (Fsp3) is 0. The van der Waals surface area contributed by atoms with Gasteiger partial charge >= 0.3 is 0 Å². The summed E-state index contributed by atoms with van der Waals surface area (Å²) in [5, 5.41) is 3.66. The third-order valence-electron chi connectivity index (χ3n) is 9.36. The van der Waals surface area contributed by atoms with E-state index in [-0.39, 0.29) is 0 Å². The summed E-state index contributed by atoms with van der Waals surface area (Å²) in [6.07, 6.45) is 0. The van der Waals surface area contributed by atoms with Crippen LogP contribution in [0.1, 0.15) is 0 Å². The van der Waals surface area contributed by atoms with Crippen LogP contribution in [0.25, 0.3) is 55.6 Å². The smallest absolute Gasteiger partial charge is 0.136 e. The predicted octanol–water partition coefficient (Wildman–Crippen LogP) is 13.7. The van der Waals surface area contributed by atoms with Crippen LogP contribution >= 0.6 is 0 Å². The Hall–Kier alpha value is -6.84. The first-order chi connectivity index (χ1) is 25.3. The first-order valence-electron chi connectivity index (χ1n) is 17.2. The number of rotatable bonds is 5. The Labute approximate surface area is 298 Å². The van der Waals surface area contributed by atoms with Crippen molar-refractivity contribution in [2.24, 2.45) is 0 Å². The molecule has 1 N–H and O–H groups in total. The lowest BCUT2D eigenvalue weighted by Crippen LogP contribution is -1.99. The summed E-state index contributed by atoms with van der Waals surface area (Å²) in [6, 6.07) is 67.1. The molecular formula is C48H33NO2. The van der Waals surface area contributed by atoms with Crippen LogP contribution in [0.5, 0.6) is 23.0 Å². The molecule has 51 heavy (non-hydrogen) atoms. The Morgan fingerprint density at radius 3 is 1.55 bits per heavy atom. The molecule has 0 radical (unpaired) electrons. The average molecular weight is 656 g/mol. The van der Waals surface area contributed by atoms with Crippen molar-refractivity contribution >= 4 is 11.4 Å². The van der Waals surface area contributed by atoms with Crippen molar-refractivity contribution in [3.8, 4) is 78.6 Å². The summed E-state index contributed by atoms with van der Waals surface area (Å²) in [6.45, 7) is 0. The maximum Gasteiger partial charge on any atom is 0.136 e. The molecule has 3 nitrogen and oxygen atoms in total. The van der Waals surface area contributed by atoms with Crippen LogP contribution < -0.4 is 14.8 Å². The maximum atomic E-state index is 7.00. The third-order valence-corrected chi connectivity index (χ3v) is 9.36. The van der Waals surface area contributed by atoms with E-state index < -0.39 is 0 Å². The normalized spacial score (nSPS) is 11.5. The first kappa shape index (κ1) is 30.2. The van der Waals surface area contributed by atoms with Crippen LogP contribution in [0, 0.1) is 0 Å². The number of hydrogen-bond donors (Lipinski definition) is 1. The standard InChI is InChI=1S/C48H33NO2/c1-4-15-33(16-5-1)35-27-29-41-47(32-35)51-45-25-13-11-22-40(45)39-21-10-12-24-44(39)50-46-26-14-23-38(48(41)46)36-28-30-43(49-37-19-8-3-9-20-37)42(31-36)34-17-6-2-7-18-34/h1-32,49H. The van der Waals surface area contributed by atoms with Gasteiger partial charge in [-0.05, 0) is 82.4 Å². The van der Waals surface area contributed by atoms with E-state index in [0.717, 1.165) is 90.0 Å². The molecule has 0 bridgehead atoms. The predicted molar refractivity (Wildman–Crippen MR) is 210 cm³/mol. The van der Waals surface area contributed by atoms with Crippen molar-refractivity contribution in [3.05, 3.63) is 194 Å². The van der Waals surface area contributed by atoms with Gasteiger partial charge in [-0.25, -0.2) is 0 Å². The summed E-state index contributed by atoms with van der Waals surface area (Å²) < 4.78 is 14.0. The van der Waals surface area contributed by atoms with Gasteiger partial charge in [-0.2, -0.15) is 0 Å². The van der Waals surface area contributed by atoms with Crippen LogP contribution in [0.4, 0.5) is 11.4 Å². The number of fused-ring (bicyclic) bond motifs is 6. The third kappa shape index (κ3) is 5.92. The van der Waals surface area contributed by atoms with Gasteiger partial charge in [0.15, 0.2) is 0 Å². The van der Waals surface area contributed by atoms with Crippen molar-refractivity contribution < 1.29 is 9.47 Å². The lowest BCUT2D eigenvalue weighted by Gasteiger charge is -2.24. The molecule has 1 heterocycles. The van der Waals surface area contributed by atoms with Crippen LogP contribution in [0.15, 0.2) is 194 Å². The van der Waals surface area contributed by atoms with Gasteiger partial charge in [0.05, 0.1) is 0 Å². The van der Waals surface area contributed by atoms with Crippen molar-refractivity contribution in [2.45, 2.75) is 0 Å².